The van der Waals surface area contributed by atoms with Crippen molar-refractivity contribution in [1.82, 2.24) is 14.5 Å². The van der Waals surface area contributed by atoms with Gasteiger partial charge in [-0.25, -0.2) is 9.78 Å². The number of rotatable bonds is 8. The van der Waals surface area contributed by atoms with Gasteiger partial charge in [0.25, 0.3) is 0 Å². The van der Waals surface area contributed by atoms with Crippen LogP contribution in [-0.2, 0) is 13.0 Å². The number of carboxylic acid groups (broad SMARTS) is 1. The normalized spacial score (nSPS) is 15.0. The smallest absolute Gasteiger partial charge is 0.343 e. The van der Waals surface area contributed by atoms with Gasteiger partial charge in [0, 0.05) is 38.6 Å². The zero-order valence-corrected chi connectivity index (χ0v) is 13.8. The molecule has 3 rings (SSSR count). The van der Waals surface area contributed by atoms with Crippen molar-refractivity contribution in [2.45, 2.75) is 25.4 Å². The standard InChI is InChI=1S/C17H20BN3O4/c18-4-3-12-1-2-14(15(16(12)22)17(23)24)25-13-9-21(10-13)8-7-20-6-5-19-11-20/h1-2,5-6,11,13,22H,3-4,7-10H2,(H,23,24). The molecule has 0 aliphatic carbocycles. The number of aromatic carboxylic acids is 1. The highest BCUT2D eigenvalue weighted by molar-refractivity contribution is 6.08. The van der Waals surface area contributed by atoms with E-state index in [1.165, 1.54) is 0 Å². The van der Waals surface area contributed by atoms with Crippen molar-refractivity contribution in [3.63, 3.8) is 0 Å². The van der Waals surface area contributed by atoms with Crippen molar-refractivity contribution in [3.8, 4) is 11.5 Å². The van der Waals surface area contributed by atoms with E-state index in [0.717, 1.165) is 26.2 Å². The lowest BCUT2D eigenvalue weighted by Gasteiger charge is -2.39. The van der Waals surface area contributed by atoms with Crippen LogP contribution in [0.4, 0.5) is 0 Å². The van der Waals surface area contributed by atoms with Gasteiger partial charge in [0.2, 0.25) is 0 Å². The summed E-state index contributed by atoms with van der Waals surface area (Å²) in [6.07, 6.45) is 6.10. The summed E-state index contributed by atoms with van der Waals surface area (Å²) in [6.45, 7) is 3.17. The zero-order valence-electron chi connectivity index (χ0n) is 13.8. The van der Waals surface area contributed by atoms with Gasteiger partial charge in [0.05, 0.1) is 14.2 Å². The second-order valence-electron chi connectivity index (χ2n) is 6.09. The molecule has 1 aromatic heterocycles. The van der Waals surface area contributed by atoms with Gasteiger partial charge < -0.3 is 19.5 Å². The maximum atomic E-state index is 11.5. The number of carbonyl (C=O) groups is 1. The third kappa shape index (κ3) is 3.96. The Morgan fingerprint density at radius 2 is 2.16 bits per heavy atom. The maximum absolute atomic E-state index is 11.5. The van der Waals surface area contributed by atoms with Gasteiger partial charge >= 0.3 is 5.97 Å². The number of likely N-dealkylation sites (tertiary alicyclic amines) is 1. The summed E-state index contributed by atoms with van der Waals surface area (Å²) >= 11 is 0. The van der Waals surface area contributed by atoms with Gasteiger partial charge in [0.1, 0.15) is 23.2 Å². The van der Waals surface area contributed by atoms with Crippen molar-refractivity contribution in [2.24, 2.45) is 0 Å². The number of benzene rings is 1. The summed E-state index contributed by atoms with van der Waals surface area (Å²) in [4.78, 5) is 17.7. The Hall–Kier alpha value is -2.48. The summed E-state index contributed by atoms with van der Waals surface area (Å²) in [5, 5.41) is 19.6. The minimum absolute atomic E-state index is 0.0827. The minimum atomic E-state index is -1.21. The molecular weight excluding hydrogens is 321 g/mol. The second-order valence-corrected chi connectivity index (χ2v) is 6.09. The summed E-state index contributed by atoms with van der Waals surface area (Å²) in [5.41, 5.74) is 0.325. The van der Waals surface area contributed by atoms with Crippen molar-refractivity contribution in [2.75, 3.05) is 19.6 Å². The van der Waals surface area contributed by atoms with E-state index in [2.05, 4.69) is 9.88 Å². The maximum Gasteiger partial charge on any atom is 0.343 e. The monoisotopic (exact) mass is 341 g/mol. The van der Waals surface area contributed by atoms with Crippen LogP contribution in [0.25, 0.3) is 0 Å². The van der Waals surface area contributed by atoms with Crippen LogP contribution in [0.5, 0.6) is 11.5 Å². The number of aromatic nitrogens is 2. The number of aromatic hydroxyl groups is 1. The predicted octanol–water partition coefficient (Wildman–Crippen LogP) is 1.18. The van der Waals surface area contributed by atoms with E-state index < -0.39 is 5.97 Å². The number of imidazole rings is 1. The van der Waals surface area contributed by atoms with Crippen LogP contribution < -0.4 is 4.74 Å². The average molecular weight is 341 g/mol. The summed E-state index contributed by atoms with van der Waals surface area (Å²) in [7, 11) is 5.48. The van der Waals surface area contributed by atoms with Crippen molar-refractivity contribution in [3.05, 3.63) is 42.0 Å². The number of phenols is 1. The lowest BCUT2D eigenvalue weighted by Crippen LogP contribution is -2.54. The zero-order chi connectivity index (χ0) is 17.8. The molecule has 7 nitrogen and oxygen atoms in total. The van der Waals surface area contributed by atoms with E-state index in [9.17, 15) is 15.0 Å². The van der Waals surface area contributed by atoms with Crippen LogP contribution >= 0.6 is 0 Å². The Morgan fingerprint density at radius 1 is 1.36 bits per heavy atom. The highest BCUT2D eigenvalue weighted by Gasteiger charge is 2.30. The SMILES string of the molecule is [B]CCc1ccc(OC2CN(CCn3ccnc3)C2)c(C(=O)O)c1O. The topological polar surface area (TPSA) is 87.8 Å². The molecule has 25 heavy (non-hydrogen) atoms. The van der Waals surface area contributed by atoms with Gasteiger partial charge in [-0.1, -0.05) is 12.4 Å². The van der Waals surface area contributed by atoms with Crippen LogP contribution in [0.3, 0.4) is 0 Å². The third-order valence-corrected chi connectivity index (χ3v) is 4.30. The fourth-order valence-electron chi connectivity index (χ4n) is 2.91. The Morgan fingerprint density at radius 3 is 2.80 bits per heavy atom. The summed E-state index contributed by atoms with van der Waals surface area (Å²) in [6, 6.07) is 3.27. The number of hydrogen-bond donors (Lipinski definition) is 2. The highest BCUT2D eigenvalue weighted by atomic mass is 16.5. The minimum Gasteiger partial charge on any atom is -0.507 e. The molecule has 0 unspecified atom stereocenters. The molecule has 2 aromatic rings. The van der Waals surface area contributed by atoms with Crippen molar-refractivity contribution < 1.29 is 19.7 Å². The molecule has 0 saturated carbocycles. The molecule has 1 aliphatic heterocycles. The first-order chi connectivity index (χ1) is 12.1. The molecule has 8 heteroatoms. The molecular formula is C17H20BN3O4. The van der Waals surface area contributed by atoms with E-state index in [0.29, 0.717) is 18.3 Å². The molecule has 2 N–H and O–H groups in total. The van der Waals surface area contributed by atoms with Crippen LogP contribution in [0.15, 0.2) is 30.9 Å². The molecule has 1 fully saturated rings. The van der Waals surface area contributed by atoms with E-state index >= 15 is 0 Å². The molecule has 130 valence electrons. The fraction of sp³-hybridized carbons (Fsp3) is 0.412. The number of aryl methyl sites for hydroxylation is 1. The van der Waals surface area contributed by atoms with Gasteiger partial charge in [0.15, 0.2) is 0 Å². The molecule has 2 heterocycles. The van der Waals surface area contributed by atoms with Gasteiger partial charge in [-0.05, 0) is 18.1 Å². The molecule has 0 amide bonds. The molecule has 1 aromatic carbocycles. The van der Waals surface area contributed by atoms with Crippen LogP contribution in [-0.4, -0.2) is 64.2 Å². The number of hydrogen-bond acceptors (Lipinski definition) is 5. The van der Waals surface area contributed by atoms with E-state index in [4.69, 9.17) is 12.6 Å². The van der Waals surface area contributed by atoms with E-state index in [1.54, 1.807) is 24.7 Å². The lowest BCUT2D eigenvalue weighted by atomic mass is 9.95. The number of carboxylic acids is 1. The Labute approximate surface area is 147 Å². The second kappa shape index (κ2) is 7.61. The summed E-state index contributed by atoms with van der Waals surface area (Å²) in [5.74, 6) is -1.26. The Bertz CT molecular complexity index is 730. The first-order valence-corrected chi connectivity index (χ1v) is 8.21. The summed E-state index contributed by atoms with van der Waals surface area (Å²) < 4.78 is 7.80. The molecule has 0 bridgehead atoms. The molecule has 0 spiro atoms. The third-order valence-electron chi connectivity index (χ3n) is 4.30. The Kier molecular flexibility index (Phi) is 5.28. The average Bonchev–Trinajstić information content (AvgIpc) is 3.05. The Balaban J connectivity index is 1.58. The number of nitrogens with zero attached hydrogens (tertiary/aromatic N) is 3. The highest BCUT2D eigenvalue weighted by Crippen LogP contribution is 2.33. The largest absolute Gasteiger partial charge is 0.507 e. The fourth-order valence-corrected chi connectivity index (χ4v) is 2.91. The van der Waals surface area contributed by atoms with E-state index in [-0.39, 0.29) is 23.2 Å². The van der Waals surface area contributed by atoms with Crippen LogP contribution in [0.2, 0.25) is 6.32 Å². The quantitative estimate of drug-likeness (QED) is 0.701. The first-order valence-electron chi connectivity index (χ1n) is 8.21. The van der Waals surface area contributed by atoms with Crippen LogP contribution in [0, 0.1) is 0 Å². The van der Waals surface area contributed by atoms with Gasteiger partial charge in [-0.3, -0.25) is 4.90 Å². The van der Waals surface area contributed by atoms with Gasteiger partial charge in [-0.15, -0.1) is 0 Å². The predicted molar refractivity (Wildman–Crippen MR) is 92.4 cm³/mol. The van der Waals surface area contributed by atoms with Crippen molar-refractivity contribution >= 4 is 13.8 Å². The molecule has 1 aliphatic rings. The molecule has 0 atom stereocenters. The number of ether oxygens (including phenoxy) is 1. The van der Waals surface area contributed by atoms with Crippen LogP contribution in [0.1, 0.15) is 15.9 Å². The molecule has 2 radical (unpaired) electrons. The molecule has 1 saturated heterocycles. The first kappa shape index (κ1) is 17.4. The lowest BCUT2D eigenvalue weighted by molar-refractivity contribution is 0.0168. The van der Waals surface area contributed by atoms with E-state index in [1.807, 2.05) is 10.8 Å². The van der Waals surface area contributed by atoms with Gasteiger partial charge in [-0.2, -0.15) is 0 Å². The van der Waals surface area contributed by atoms with Crippen molar-refractivity contribution in [1.29, 1.82) is 0 Å².